The fourth-order valence-electron chi connectivity index (χ4n) is 2.34. The second-order valence-corrected chi connectivity index (χ2v) is 6.20. The molecule has 0 radical (unpaired) electrons. The van der Waals surface area contributed by atoms with E-state index in [4.69, 9.17) is 5.73 Å². The van der Waals surface area contributed by atoms with Crippen LogP contribution >= 0.6 is 23.7 Å². The molecule has 0 bridgehead atoms. The first-order valence-electron chi connectivity index (χ1n) is 6.36. The van der Waals surface area contributed by atoms with E-state index in [0.29, 0.717) is 17.5 Å². The molecule has 0 aromatic carbocycles. The maximum Gasteiger partial charge on any atom is 0.427 e. The molecular formula is C12H19ClF3N3S. The van der Waals surface area contributed by atoms with Gasteiger partial charge in [-0.3, -0.25) is 4.90 Å². The Bertz CT molecular complexity index is 414. The zero-order valence-corrected chi connectivity index (χ0v) is 12.8. The van der Waals surface area contributed by atoms with Crippen LogP contribution < -0.4 is 5.73 Å². The van der Waals surface area contributed by atoms with Gasteiger partial charge in [-0.15, -0.1) is 23.7 Å². The Kier molecular flexibility index (Phi) is 6.25. The number of hydrogen-bond donors (Lipinski definition) is 1. The molecular weight excluding hydrogens is 311 g/mol. The average Bonchev–Trinajstić information content (AvgIpc) is 2.78. The largest absolute Gasteiger partial charge is 0.427 e. The van der Waals surface area contributed by atoms with Crippen LogP contribution in [0.25, 0.3) is 0 Å². The number of rotatable bonds is 3. The van der Waals surface area contributed by atoms with Crippen molar-refractivity contribution >= 4 is 23.7 Å². The Balaban J connectivity index is 0.00000200. The third kappa shape index (κ3) is 4.58. The molecule has 0 aliphatic carbocycles. The van der Waals surface area contributed by atoms with Crippen molar-refractivity contribution in [2.45, 2.75) is 38.5 Å². The SMILES string of the molecule is CC(N)C1CCN(Cc2ncc(C(F)(F)F)s2)CC1.Cl. The van der Waals surface area contributed by atoms with Gasteiger partial charge in [0.1, 0.15) is 9.88 Å². The number of nitrogens with zero attached hydrogens (tertiary/aromatic N) is 2. The standard InChI is InChI=1S/C12H18F3N3S.ClH/c1-8(16)9-2-4-18(5-3-9)7-11-17-6-10(19-11)12(13,14)15;/h6,8-9H,2-5,7,16H2,1H3;1H. The van der Waals surface area contributed by atoms with E-state index in [-0.39, 0.29) is 18.4 Å². The van der Waals surface area contributed by atoms with Gasteiger partial charge in [0.05, 0.1) is 12.7 Å². The van der Waals surface area contributed by atoms with E-state index in [1.807, 2.05) is 6.92 Å². The lowest BCUT2D eigenvalue weighted by Crippen LogP contribution is -2.39. The van der Waals surface area contributed by atoms with E-state index in [9.17, 15) is 13.2 Å². The molecule has 1 unspecified atom stereocenters. The normalized spacial score (nSPS) is 19.6. The number of aromatic nitrogens is 1. The minimum absolute atomic E-state index is 0. The molecule has 1 aliphatic rings. The fourth-order valence-corrected chi connectivity index (χ4v) is 3.17. The van der Waals surface area contributed by atoms with E-state index in [1.165, 1.54) is 0 Å². The van der Waals surface area contributed by atoms with Gasteiger partial charge >= 0.3 is 6.18 Å². The van der Waals surface area contributed by atoms with Crippen molar-refractivity contribution in [1.82, 2.24) is 9.88 Å². The summed E-state index contributed by atoms with van der Waals surface area (Å²) in [4.78, 5) is 5.40. The molecule has 1 aromatic rings. The van der Waals surface area contributed by atoms with Crippen molar-refractivity contribution in [3.05, 3.63) is 16.1 Å². The molecule has 1 aliphatic heterocycles. The van der Waals surface area contributed by atoms with Crippen LogP contribution in [0.1, 0.15) is 29.7 Å². The zero-order valence-electron chi connectivity index (χ0n) is 11.2. The van der Waals surface area contributed by atoms with Crippen LogP contribution in [-0.2, 0) is 12.7 Å². The Hall–Kier alpha value is -0.370. The van der Waals surface area contributed by atoms with E-state index >= 15 is 0 Å². The smallest absolute Gasteiger partial charge is 0.328 e. The first kappa shape index (κ1) is 17.7. The van der Waals surface area contributed by atoms with Crippen molar-refractivity contribution < 1.29 is 13.2 Å². The first-order chi connectivity index (χ1) is 8.86. The summed E-state index contributed by atoms with van der Waals surface area (Å²) in [5.41, 5.74) is 5.86. The van der Waals surface area contributed by atoms with Gasteiger partial charge in [0, 0.05) is 6.04 Å². The second kappa shape index (κ2) is 7.06. The van der Waals surface area contributed by atoms with E-state index in [0.717, 1.165) is 43.5 Å². The van der Waals surface area contributed by atoms with Gasteiger partial charge in [0.2, 0.25) is 0 Å². The Morgan fingerprint density at radius 3 is 2.50 bits per heavy atom. The Morgan fingerprint density at radius 1 is 1.45 bits per heavy atom. The van der Waals surface area contributed by atoms with Crippen LogP contribution in [0.2, 0.25) is 0 Å². The second-order valence-electron chi connectivity index (χ2n) is 5.09. The van der Waals surface area contributed by atoms with Gasteiger partial charge in [-0.25, -0.2) is 4.98 Å². The predicted octanol–water partition coefficient (Wildman–Crippen LogP) is 3.14. The molecule has 20 heavy (non-hydrogen) atoms. The lowest BCUT2D eigenvalue weighted by molar-refractivity contribution is -0.134. The highest BCUT2D eigenvalue weighted by Crippen LogP contribution is 2.34. The topological polar surface area (TPSA) is 42.1 Å². The summed E-state index contributed by atoms with van der Waals surface area (Å²) in [5.74, 6) is 0.526. The van der Waals surface area contributed by atoms with Crippen molar-refractivity contribution in [3.8, 4) is 0 Å². The summed E-state index contributed by atoms with van der Waals surface area (Å²) in [7, 11) is 0. The molecule has 0 spiro atoms. The van der Waals surface area contributed by atoms with Gasteiger partial charge in [-0.1, -0.05) is 0 Å². The Morgan fingerprint density at radius 2 is 2.05 bits per heavy atom. The summed E-state index contributed by atoms with van der Waals surface area (Å²) in [6.45, 7) is 4.28. The monoisotopic (exact) mass is 329 g/mol. The van der Waals surface area contributed by atoms with Crippen LogP contribution in [0.15, 0.2) is 6.20 Å². The summed E-state index contributed by atoms with van der Waals surface area (Å²) < 4.78 is 37.4. The zero-order chi connectivity index (χ0) is 14.0. The maximum atomic E-state index is 12.5. The van der Waals surface area contributed by atoms with Crippen LogP contribution in [0.5, 0.6) is 0 Å². The number of hydrogen-bond acceptors (Lipinski definition) is 4. The number of halogens is 4. The van der Waals surface area contributed by atoms with Gasteiger partial charge in [-0.05, 0) is 38.8 Å². The number of nitrogens with two attached hydrogens (primary N) is 1. The van der Waals surface area contributed by atoms with Crippen LogP contribution in [0.4, 0.5) is 13.2 Å². The van der Waals surface area contributed by atoms with E-state index in [1.54, 1.807) is 0 Å². The highest BCUT2D eigenvalue weighted by atomic mass is 35.5. The lowest BCUT2D eigenvalue weighted by atomic mass is 9.91. The number of alkyl halides is 3. The van der Waals surface area contributed by atoms with Crippen LogP contribution in [-0.4, -0.2) is 29.0 Å². The van der Waals surface area contributed by atoms with Gasteiger partial charge in [0.15, 0.2) is 0 Å². The van der Waals surface area contributed by atoms with Crippen LogP contribution in [0, 0.1) is 5.92 Å². The molecule has 0 amide bonds. The summed E-state index contributed by atoms with van der Waals surface area (Å²) in [6.07, 6.45) is -1.34. The number of likely N-dealkylation sites (tertiary alicyclic amines) is 1. The third-order valence-electron chi connectivity index (χ3n) is 3.57. The molecule has 1 atom stereocenters. The molecule has 1 aromatic heterocycles. The number of thiazole rings is 1. The molecule has 116 valence electrons. The van der Waals surface area contributed by atoms with Gasteiger partial charge in [-0.2, -0.15) is 13.2 Å². The molecule has 1 fully saturated rings. The molecule has 3 nitrogen and oxygen atoms in total. The van der Waals surface area contributed by atoms with Crippen molar-refractivity contribution in [2.75, 3.05) is 13.1 Å². The first-order valence-corrected chi connectivity index (χ1v) is 7.17. The molecule has 2 N–H and O–H groups in total. The lowest BCUT2D eigenvalue weighted by Gasteiger charge is -2.33. The molecule has 2 rings (SSSR count). The van der Waals surface area contributed by atoms with Gasteiger partial charge in [0.25, 0.3) is 0 Å². The highest BCUT2D eigenvalue weighted by molar-refractivity contribution is 7.11. The molecule has 8 heteroatoms. The van der Waals surface area contributed by atoms with Crippen LogP contribution in [0.3, 0.4) is 0 Å². The minimum atomic E-state index is -4.28. The maximum absolute atomic E-state index is 12.5. The fraction of sp³-hybridized carbons (Fsp3) is 0.750. The summed E-state index contributed by atoms with van der Waals surface area (Å²) in [6, 6.07) is 0.193. The average molecular weight is 330 g/mol. The van der Waals surface area contributed by atoms with Gasteiger partial charge < -0.3 is 5.73 Å². The molecule has 0 saturated carbocycles. The van der Waals surface area contributed by atoms with Crippen molar-refractivity contribution in [3.63, 3.8) is 0 Å². The third-order valence-corrected chi connectivity index (χ3v) is 4.59. The predicted molar refractivity (Wildman–Crippen MR) is 76.0 cm³/mol. The summed E-state index contributed by atoms with van der Waals surface area (Å²) >= 11 is 0.738. The van der Waals surface area contributed by atoms with E-state index < -0.39 is 11.1 Å². The van der Waals surface area contributed by atoms with E-state index in [2.05, 4.69) is 9.88 Å². The molecule has 2 heterocycles. The Labute approximate surface area is 126 Å². The quantitative estimate of drug-likeness (QED) is 0.926. The minimum Gasteiger partial charge on any atom is -0.328 e. The molecule has 1 saturated heterocycles. The van der Waals surface area contributed by atoms with Crippen molar-refractivity contribution in [1.29, 1.82) is 0 Å². The van der Waals surface area contributed by atoms with Crippen molar-refractivity contribution in [2.24, 2.45) is 11.7 Å². The highest BCUT2D eigenvalue weighted by Gasteiger charge is 2.33. The summed E-state index contributed by atoms with van der Waals surface area (Å²) in [5, 5.41) is 0.534. The number of piperidine rings is 1.